The molecule has 51 heavy (non-hydrogen) atoms. The van der Waals surface area contributed by atoms with Gasteiger partial charge < -0.3 is 13.3 Å². The van der Waals surface area contributed by atoms with Gasteiger partial charge in [0, 0.05) is 43.4 Å². The molecule has 0 N–H and O–H groups in total. The van der Waals surface area contributed by atoms with Gasteiger partial charge in [-0.2, -0.15) is 0 Å². The number of para-hydroxylation sites is 3. The van der Waals surface area contributed by atoms with Crippen molar-refractivity contribution in [2.45, 2.75) is 0 Å². The summed E-state index contributed by atoms with van der Waals surface area (Å²) in [4.78, 5) is 15.0. The molecule has 4 heterocycles. The van der Waals surface area contributed by atoms with Gasteiger partial charge in [-0.15, -0.1) is 0 Å². The van der Waals surface area contributed by atoms with E-state index in [9.17, 15) is 0 Å². The Labute approximate surface area is 290 Å². The summed E-state index contributed by atoms with van der Waals surface area (Å²) >= 11 is 0. The summed E-state index contributed by atoms with van der Waals surface area (Å²) < 4.78 is 19.0. The lowest BCUT2D eigenvalue weighted by Gasteiger charge is -2.09. The van der Waals surface area contributed by atoms with Crippen LogP contribution in [0.1, 0.15) is 0 Å². The third-order valence-electron chi connectivity index (χ3n) is 9.76. The maximum Gasteiger partial charge on any atom is 0.167 e. The predicted molar refractivity (Wildman–Crippen MR) is 203 cm³/mol. The van der Waals surface area contributed by atoms with Gasteiger partial charge in [0.15, 0.2) is 17.5 Å². The molecule has 7 aromatic carbocycles. The Morgan fingerprint density at radius 3 is 1.80 bits per heavy atom. The zero-order chi connectivity index (χ0) is 33.5. The van der Waals surface area contributed by atoms with E-state index in [1.807, 2.05) is 97.1 Å². The van der Waals surface area contributed by atoms with Crippen LogP contribution in [0.5, 0.6) is 0 Å². The van der Waals surface area contributed by atoms with Gasteiger partial charge in [0.05, 0.1) is 5.56 Å². The van der Waals surface area contributed by atoms with Crippen molar-refractivity contribution in [2.24, 2.45) is 0 Å². The maximum atomic E-state index is 6.46. The lowest BCUT2D eigenvalue weighted by molar-refractivity contribution is 0.668. The minimum absolute atomic E-state index is 0.541. The number of nitrogens with zero attached hydrogens (tertiary/aromatic N) is 3. The Morgan fingerprint density at radius 1 is 0.314 bits per heavy atom. The highest BCUT2D eigenvalue weighted by atomic mass is 16.3. The van der Waals surface area contributed by atoms with Crippen molar-refractivity contribution in [2.75, 3.05) is 0 Å². The molecule has 6 nitrogen and oxygen atoms in total. The van der Waals surface area contributed by atoms with E-state index in [1.165, 1.54) is 0 Å². The smallest absolute Gasteiger partial charge is 0.167 e. The summed E-state index contributed by atoms with van der Waals surface area (Å²) in [7, 11) is 0. The molecule has 0 aliphatic rings. The average molecular weight is 656 g/mol. The second kappa shape index (κ2) is 10.7. The molecule has 0 bridgehead atoms. The minimum atomic E-state index is 0.541. The summed E-state index contributed by atoms with van der Waals surface area (Å²) in [6, 6.07) is 51.1. The van der Waals surface area contributed by atoms with Gasteiger partial charge in [-0.25, -0.2) is 15.0 Å². The molecule has 0 atom stereocenters. The first-order valence-electron chi connectivity index (χ1n) is 16.8. The van der Waals surface area contributed by atoms with Crippen molar-refractivity contribution in [3.8, 4) is 45.3 Å². The van der Waals surface area contributed by atoms with Gasteiger partial charge >= 0.3 is 0 Å². The number of fused-ring (bicyclic) bond motifs is 9. The van der Waals surface area contributed by atoms with Gasteiger partial charge in [-0.05, 0) is 59.7 Å². The van der Waals surface area contributed by atoms with E-state index in [4.69, 9.17) is 28.2 Å². The van der Waals surface area contributed by atoms with E-state index >= 15 is 0 Å². The van der Waals surface area contributed by atoms with E-state index in [2.05, 4.69) is 54.6 Å². The highest BCUT2D eigenvalue weighted by Crippen LogP contribution is 2.40. The van der Waals surface area contributed by atoms with Crippen LogP contribution in [0.3, 0.4) is 0 Å². The Balaban J connectivity index is 1.07. The molecule has 0 spiro atoms. The Morgan fingerprint density at radius 2 is 0.922 bits per heavy atom. The van der Waals surface area contributed by atoms with Crippen LogP contribution in [-0.4, -0.2) is 15.0 Å². The standard InChI is InChI=1S/C45H25N3O3/c1-2-10-26(11-3-1)43-46-44(48-45(47-43)34-16-8-15-32-30-12-4-6-17-36(30)51-42(32)34)28-20-22-31-35-24-27(21-23-38(35)50-40(31)25-28)29-14-9-19-39-41(29)33-13-5-7-18-37(33)49-39/h1-25H. The Bertz CT molecular complexity index is 3150. The molecule has 6 heteroatoms. The van der Waals surface area contributed by atoms with E-state index < -0.39 is 0 Å². The SMILES string of the molecule is c1ccc(-c2nc(-c3ccc4c(c3)oc3ccc(-c5cccc6oc7ccccc7c56)cc34)nc(-c3cccc4c3oc3ccccc34)n2)cc1. The van der Waals surface area contributed by atoms with Crippen LogP contribution < -0.4 is 0 Å². The van der Waals surface area contributed by atoms with Crippen LogP contribution in [0.25, 0.3) is 111 Å². The molecule has 0 aliphatic heterocycles. The molecule has 0 saturated heterocycles. The normalized spacial score (nSPS) is 11.9. The van der Waals surface area contributed by atoms with Crippen LogP contribution in [0, 0.1) is 0 Å². The summed E-state index contributed by atoms with van der Waals surface area (Å²) in [6.07, 6.45) is 0. The summed E-state index contributed by atoms with van der Waals surface area (Å²) in [5.74, 6) is 1.67. The molecule has 11 aromatic rings. The first-order chi connectivity index (χ1) is 25.2. The van der Waals surface area contributed by atoms with Crippen LogP contribution in [0.2, 0.25) is 0 Å². The molecule has 0 fully saturated rings. The summed E-state index contributed by atoms with van der Waals surface area (Å²) in [5, 5.41) is 6.35. The zero-order valence-electron chi connectivity index (χ0n) is 27.0. The zero-order valence-corrected chi connectivity index (χ0v) is 27.0. The van der Waals surface area contributed by atoms with Crippen molar-refractivity contribution in [3.05, 3.63) is 152 Å². The first kappa shape index (κ1) is 27.9. The molecule has 0 unspecified atom stereocenters. The van der Waals surface area contributed by atoms with Gasteiger partial charge in [-0.3, -0.25) is 0 Å². The average Bonchev–Trinajstić information content (AvgIpc) is 3.88. The number of benzene rings is 7. The molecule has 0 amide bonds. The van der Waals surface area contributed by atoms with Gasteiger partial charge in [0.1, 0.15) is 33.5 Å². The quantitative estimate of drug-likeness (QED) is 0.188. The fourth-order valence-electron chi connectivity index (χ4n) is 7.36. The fourth-order valence-corrected chi connectivity index (χ4v) is 7.36. The van der Waals surface area contributed by atoms with E-state index in [-0.39, 0.29) is 0 Å². The summed E-state index contributed by atoms with van der Waals surface area (Å²) in [5.41, 5.74) is 9.66. The number of hydrogen-bond acceptors (Lipinski definition) is 6. The van der Waals surface area contributed by atoms with E-state index in [0.717, 1.165) is 93.6 Å². The monoisotopic (exact) mass is 655 g/mol. The third-order valence-corrected chi connectivity index (χ3v) is 9.76. The van der Waals surface area contributed by atoms with Crippen LogP contribution in [0.4, 0.5) is 0 Å². The van der Waals surface area contributed by atoms with Crippen molar-refractivity contribution in [1.29, 1.82) is 0 Å². The largest absolute Gasteiger partial charge is 0.456 e. The molecule has 238 valence electrons. The van der Waals surface area contributed by atoms with Crippen molar-refractivity contribution < 1.29 is 13.3 Å². The van der Waals surface area contributed by atoms with Gasteiger partial charge in [-0.1, -0.05) is 103 Å². The number of aromatic nitrogens is 3. The molecular weight excluding hydrogens is 631 g/mol. The lowest BCUT2D eigenvalue weighted by atomic mass is 9.98. The van der Waals surface area contributed by atoms with Crippen LogP contribution in [0.15, 0.2) is 165 Å². The van der Waals surface area contributed by atoms with Crippen LogP contribution >= 0.6 is 0 Å². The van der Waals surface area contributed by atoms with E-state index in [0.29, 0.717) is 17.5 Å². The molecule has 11 rings (SSSR count). The highest BCUT2D eigenvalue weighted by molar-refractivity contribution is 6.14. The molecule has 0 radical (unpaired) electrons. The second-order valence-electron chi connectivity index (χ2n) is 12.8. The third kappa shape index (κ3) is 4.33. The summed E-state index contributed by atoms with van der Waals surface area (Å²) in [6.45, 7) is 0. The van der Waals surface area contributed by atoms with Gasteiger partial charge in [0.25, 0.3) is 0 Å². The number of hydrogen-bond donors (Lipinski definition) is 0. The van der Waals surface area contributed by atoms with E-state index in [1.54, 1.807) is 0 Å². The lowest BCUT2D eigenvalue weighted by Crippen LogP contribution is -2.00. The van der Waals surface area contributed by atoms with Crippen LogP contribution in [-0.2, 0) is 0 Å². The van der Waals surface area contributed by atoms with Crippen molar-refractivity contribution >= 4 is 65.8 Å². The maximum absolute atomic E-state index is 6.46. The highest BCUT2D eigenvalue weighted by Gasteiger charge is 2.19. The molecule has 4 aromatic heterocycles. The topological polar surface area (TPSA) is 78.1 Å². The Kier molecular flexibility index (Phi) is 5.86. The Hall–Kier alpha value is -7.05. The molecule has 0 saturated carbocycles. The number of furan rings is 3. The number of rotatable bonds is 4. The first-order valence-corrected chi connectivity index (χ1v) is 16.8. The molecular formula is C45H25N3O3. The van der Waals surface area contributed by atoms with Gasteiger partial charge in [0.2, 0.25) is 0 Å². The second-order valence-corrected chi connectivity index (χ2v) is 12.8. The fraction of sp³-hybridized carbons (Fsp3) is 0. The molecule has 0 aliphatic carbocycles. The predicted octanol–water partition coefficient (Wildman–Crippen LogP) is 12.2. The minimum Gasteiger partial charge on any atom is -0.456 e. The van der Waals surface area contributed by atoms with Crippen molar-refractivity contribution in [3.63, 3.8) is 0 Å². The van der Waals surface area contributed by atoms with Crippen molar-refractivity contribution in [1.82, 2.24) is 15.0 Å².